The lowest BCUT2D eigenvalue weighted by Crippen LogP contribution is -2.47. The Labute approximate surface area is 251 Å². The molecule has 42 heavy (non-hydrogen) atoms. The number of aromatic nitrogens is 1. The van der Waals surface area contributed by atoms with Crippen LogP contribution < -0.4 is 26.5 Å². The number of thiazole rings is 1. The van der Waals surface area contributed by atoms with Crippen LogP contribution in [0, 0.1) is 5.92 Å². The Hall–Kier alpha value is -3.77. The van der Waals surface area contributed by atoms with Gasteiger partial charge in [-0.3, -0.25) is 10.0 Å². The number of hydrogen-bond donors (Lipinski definition) is 5. The summed E-state index contributed by atoms with van der Waals surface area (Å²) >= 11 is 1.47. The van der Waals surface area contributed by atoms with Crippen LogP contribution in [0.25, 0.3) is 10.4 Å². The molecule has 1 aliphatic heterocycles. The number of hydrogen-bond acceptors (Lipinski definition) is 8. The summed E-state index contributed by atoms with van der Waals surface area (Å²) < 4.78 is 6.03. The summed E-state index contributed by atoms with van der Waals surface area (Å²) in [5, 5.41) is 21.4. The van der Waals surface area contributed by atoms with Gasteiger partial charge in [0.15, 0.2) is 0 Å². The highest BCUT2D eigenvalue weighted by Crippen LogP contribution is 2.39. The lowest BCUT2D eigenvalue weighted by molar-refractivity contribution is -0.121. The molecule has 3 amide bonds. The molecule has 1 aromatic heterocycles. The van der Waals surface area contributed by atoms with Crippen molar-refractivity contribution >= 4 is 34.6 Å². The lowest BCUT2D eigenvalue weighted by Gasteiger charge is -2.29. The lowest BCUT2D eigenvalue weighted by atomic mass is 10.1. The second-order valence-corrected chi connectivity index (χ2v) is 12.7. The van der Waals surface area contributed by atoms with Gasteiger partial charge in [-0.05, 0) is 50.5 Å². The molecule has 11 heteroatoms. The van der Waals surface area contributed by atoms with Crippen molar-refractivity contribution in [3.63, 3.8) is 0 Å². The molecule has 0 radical (unpaired) electrons. The summed E-state index contributed by atoms with van der Waals surface area (Å²) in [4.78, 5) is 30.2. The van der Waals surface area contributed by atoms with Gasteiger partial charge in [0.1, 0.15) is 11.1 Å². The molecule has 0 bridgehead atoms. The summed E-state index contributed by atoms with van der Waals surface area (Å²) in [5.74, 6) is 0.281. The zero-order chi connectivity index (χ0) is 30.3. The fourth-order valence-corrected chi connectivity index (χ4v) is 5.33. The molecule has 0 saturated carbocycles. The maximum atomic E-state index is 12.6. The smallest absolute Gasteiger partial charge is 0.319 e. The van der Waals surface area contributed by atoms with Crippen molar-refractivity contribution in [1.82, 2.24) is 21.0 Å². The molecule has 2 aromatic carbocycles. The molecule has 0 unspecified atom stereocenters. The van der Waals surface area contributed by atoms with Crippen LogP contribution in [0.3, 0.4) is 0 Å². The first-order chi connectivity index (χ1) is 20.0. The third-order valence-corrected chi connectivity index (χ3v) is 7.32. The summed E-state index contributed by atoms with van der Waals surface area (Å²) in [6.07, 6.45) is 4.58. The maximum Gasteiger partial charge on any atom is 0.319 e. The topological polar surface area (TPSA) is 128 Å². The minimum atomic E-state index is -0.425. The Kier molecular flexibility index (Phi) is 10.3. The van der Waals surface area contributed by atoms with E-state index in [4.69, 9.17) is 4.74 Å². The quantitative estimate of drug-likeness (QED) is 0.179. The Bertz CT molecular complexity index is 1400. The number of nitrogens with zero attached hydrogens (tertiary/aromatic N) is 2. The van der Waals surface area contributed by atoms with E-state index in [0.717, 1.165) is 31.9 Å². The molecule has 5 N–H and O–H groups in total. The second-order valence-electron chi connectivity index (χ2n) is 11.7. The average molecular weight is 593 g/mol. The number of benzene rings is 2. The van der Waals surface area contributed by atoms with Crippen molar-refractivity contribution in [2.75, 3.05) is 17.1 Å². The number of urea groups is 1. The molecule has 2 heterocycles. The Morgan fingerprint density at radius 1 is 1.14 bits per heavy atom. The van der Waals surface area contributed by atoms with Crippen LogP contribution in [0.15, 0.2) is 66.5 Å². The summed E-state index contributed by atoms with van der Waals surface area (Å²) in [6, 6.07) is 14.6. The molecule has 4 rings (SSSR count). The van der Waals surface area contributed by atoms with Gasteiger partial charge in [-0.15, -0.1) is 11.3 Å². The molecule has 1 aliphatic rings. The van der Waals surface area contributed by atoms with Crippen LogP contribution in [-0.2, 0) is 16.1 Å². The highest BCUT2D eigenvalue weighted by atomic mass is 32.1. The van der Waals surface area contributed by atoms with Gasteiger partial charge in [0.25, 0.3) is 0 Å². The number of carbonyl (C=O) groups is 2. The molecular weight excluding hydrogens is 552 g/mol. The van der Waals surface area contributed by atoms with Crippen molar-refractivity contribution in [2.45, 2.75) is 65.6 Å². The predicted octanol–water partition coefficient (Wildman–Crippen LogP) is 6.14. The minimum absolute atomic E-state index is 0.00796. The number of ether oxygens (including phenoxy) is 1. The minimum Gasteiger partial charge on any atom is -0.365 e. The number of amides is 3. The number of nitrogens with one attached hydrogen (secondary N) is 4. The largest absolute Gasteiger partial charge is 0.365 e. The van der Waals surface area contributed by atoms with Gasteiger partial charge in [-0.25, -0.2) is 15.2 Å². The molecule has 224 valence electrons. The van der Waals surface area contributed by atoms with Crippen molar-refractivity contribution in [3.05, 3.63) is 77.1 Å². The molecular formula is C31H40N6O4S. The van der Waals surface area contributed by atoms with Crippen molar-refractivity contribution in [2.24, 2.45) is 5.92 Å². The average Bonchev–Trinajstić information content (AvgIpc) is 3.42. The van der Waals surface area contributed by atoms with Crippen molar-refractivity contribution in [3.8, 4) is 10.4 Å². The third-order valence-electron chi connectivity index (χ3n) is 6.20. The van der Waals surface area contributed by atoms with Gasteiger partial charge in [-0.1, -0.05) is 50.3 Å². The van der Waals surface area contributed by atoms with Crippen LogP contribution in [0.5, 0.6) is 0 Å². The van der Waals surface area contributed by atoms with Gasteiger partial charge < -0.3 is 20.7 Å². The molecule has 0 aliphatic carbocycles. The normalized spacial score (nSPS) is 15.2. The van der Waals surface area contributed by atoms with E-state index < -0.39 is 5.54 Å². The van der Waals surface area contributed by atoms with Crippen molar-refractivity contribution < 1.29 is 19.5 Å². The van der Waals surface area contributed by atoms with E-state index in [1.807, 2.05) is 77.1 Å². The standard InChI is InChI=1S/C31H40N6O4S/c1-20(2)15-28(38)34-23-12-14-26(41-19-23)29-32-18-27(42-29)24-13-11-22(16-25(24)37(40)36-31(3,4)5)35-30(39)33-17-21-9-7-6-8-10-21/h6-13,16,18,20,26,36,40H,14-15,17,19H2,1-5H3,(H,34,38)(H2,33,35,39)/t26-/m0/s1. The van der Waals surface area contributed by atoms with E-state index in [0.29, 0.717) is 37.4 Å². The summed E-state index contributed by atoms with van der Waals surface area (Å²) in [5.41, 5.74) is 6.11. The Morgan fingerprint density at radius 2 is 1.90 bits per heavy atom. The first-order valence-corrected chi connectivity index (χ1v) is 14.8. The van der Waals surface area contributed by atoms with E-state index in [1.165, 1.54) is 11.3 Å². The van der Waals surface area contributed by atoms with Gasteiger partial charge >= 0.3 is 6.03 Å². The molecule has 10 nitrogen and oxygen atoms in total. The SMILES string of the molecule is CC(C)CC(=O)NC1=CC[C@@H](c2ncc(-c3ccc(NC(=O)NCc4ccccc4)cc3N(O)NC(C)(C)C)s2)OC1. The van der Waals surface area contributed by atoms with E-state index in [1.54, 1.807) is 18.3 Å². The fraction of sp³-hybridized carbons (Fsp3) is 0.387. The van der Waals surface area contributed by atoms with E-state index >= 15 is 0 Å². The molecule has 0 spiro atoms. The van der Waals surface area contributed by atoms with Crippen molar-refractivity contribution in [1.29, 1.82) is 0 Å². The predicted molar refractivity (Wildman–Crippen MR) is 166 cm³/mol. The number of rotatable bonds is 10. The van der Waals surface area contributed by atoms with Gasteiger partial charge in [0.05, 0.1) is 17.2 Å². The van der Waals surface area contributed by atoms with Gasteiger partial charge in [0.2, 0.25) is 5.91 Å². The summed E-state index contributed by atoms with van der Waals surface area (Å²) in [6.45, 7) is 10.5. The van der Waals surface area contributed by atoms with Gasteiger partial charge in [0, 0.05) is 48.1 Å². The number of anilines is 2. The molecule has 0 saturated heterocycles. The summed E-state index contributed by atoms with van der Waals surface area (Å²) in [7, 11) is 0. The van der Waals surface area contributed by atoms with E-state index in [2.05, 4.69) is 26.4 Å². The van der Waals surface area contributed by atoms with Crippen LogP contribution in [0.1, 0.15) is 64.1 Å². The monoisotopic (exact) mass is 592 g/mol. The maximum absolute atomic E-state index is 12.6. The third kappa shape index (κ3) is 9.12. The zero-order valence-corrected chi connectivity index (χ0v) is 25.5. The van der Waals surface area contributed by atoms with Gasteiger partial charge in [-0.2, -0.15) is 5.17 Å². The zero-order valence-electron chi connectivity index (χ0n) is 24.7. The molecule has 3 aromatic rings. The molecule has 1 atom stereocenters. The van der Waals surface area contributed by atoms with Crippen LogP contribution in [-0.4, -0.2) is 34.3 Å². The Balaban J connectivity index is 1.48. The Morgan fingerprint density at radius 3 is 2.57 bits per heavy atom. The van der Waals surface area contributed by atoms with E-state index in [-0.39, 0.29) is 24.0 Å². The highest BCUT2D eigenvalue weighted by Gasteiger charge is 2.24. The van der Waals surface area contributed by atoms with Crippen LogP contribution in [0.4, 0.5) is 16.2 Å². The first kappa shape index (κ1) is 31.2. The van der Waals surface area contributed by atoms with Crippen LogP contribution >= 0.6 is 11.3 Å². The van der Waals surface area contributed by atoms with E-state index in [9.17, 15) is 14.8 Å². The molecule has 0 fully saturated rings. The first-order valence-electron chi connectivity index (χ1n) is 14.0. The van der Waals surface area contributed by atoms with Crippen LogP contribution in [0.2, 0.25) is 0 Å². The fourth-order valence-electron chi connectivity index (χ4n) is 4.31. The highest BCUT2D eigenvalue weighted by molar-refractivity contribution is 7.15. The number of carbonyl (C=O) groups excluding carboxylic acids is 2. The number of hydrazine groups is 1. The second kappa shape index (κ2) is 13.9.